The standard InChI is InChI=1S/C11H21N3O2/c1-3-4-5-12-11(16)14-8-6-13(7-9-14)10(2)15/h3-9H2,1-2H3,(H,12,16). The summed E-state index contributed by atoms with van der Waals surface area (Å²) in [4.78, 5) is 26.3. The van der Waals surface area contributed by atoms with Crippen LogP contribution in [0.3, 0.4) is 0 Å². The molecule has 1 rings (SSSR count). The molecule has 92 valence electrons. The quantitative estimate of drug-likeness (QED) is 0.720. The molecule has 0 spiro atoms. The minimum Gasteiger partial charge on any atom is -0.339 e. The molecule has 0 aliphatic carbocycles. The Morgan fingerprint density at radius 1 is 1.12 bits per heavy atom. The molecule has 3 amide bonds. The van der Waals surface area contributed by atoms with Crippen LogP contribution in [0.2, 0.25) is 0 Å². The van der Waals surface area contributed by atoms with E-state index < -0.39 is 0 Å². The monoisotopic (exact) mass is 227 g/mol. The number of amides is 3. The molecule has 0 atom stereocenters. The maximum atomic E-state index is 11.7. The Bertz CT molecular complexity index is 248. The normalized spacial score (nSPS) is 16.1. The lowest BCUT2D eigenvalue weighted by Crippen LogP contribution is -2.52. The van der Waals surface area contributed by atoms with Gasteiger partial charge in [0, 0.05) is 39.6 Å². The fraction of sp³-hybridized carbons (Fsp3) is 0.818. The molecular formula is C11H21N3O2. The van der Waals surface area contributed by atoms with Crippen LogP contribution >= 0.6 is 0 Å². The number of carbonyl (C=O) groups excluding carboxylic acids is 2. The zero-order valence-electron chi connectivity index (χ0n) is 10.2. The molecule has 0 bridgehead atoms. The van der Waals surface area contributed by atoms with Gasteiger partial charge in [0.2, 0.25) is 5.91 Å². The SMILES string of the molecule is CCCCNC(=O)N1CCN(C(C)=O)CC1. The van der Waals surface area contributed by atoms with E-state index in [4.69, 9.17) is 0 Å². The Balaban J connectivity index is 2.25. The number of piperazine rings is 1. The Morgan fingerprint density at radius 2 is 1.69 bits per heavy atom. The predicted octanol–water partition coefficient (Wildman–Crippen LogP) is 0.660. The van der Waals surface area contributed by atoms with Gasteiger partial charge < -0.3 is 15.1 Å². The third kappa shape index (κ3) is 3.72. The van der Waals surface area contributed by atoms with E-state index in [9.17, 15) is 9.59 Å². The lowest BCUT2D eigenvalue weighted by molar-refractivity contribution is -0.130. The molecule has 16 heavy (non-hydrogen) atoms. The van der Waals surface area contributed by atoms with Gasteiger partial charge in [0.1, 0.15) is 0 Å². The summed E-state index contributed by atoms with van der Waals surface area (Å²) in [5, 5.41) is 2.88. The lowest BCUT2D eigenvalue weighted by Gasteiger charge is -2.34. The van der Waals surface area contributed by atoms with Crippen LogP contribution in [0.1, 0.15) is 26.7 Å². The number of urea groups is 1. The van der Waals surface area contributed by atoms with Gasteiger partial charge in [-0.15, -0.1) is 0 Å². The first-order valence-corrected chi connectivity index (χ1v) is 5.93. The topological polar surface area (TPSA) is 52.7 Å². The number of nitrogens with one attached hydrogen (secondary N) is 1. The molecule has 1 aliphatic heterocycles. The van der Waals surface area contributed by atoms with E-state index in [2.05, 4.69) is 12.2 Å². The molecule has 1 aliphatic rings. The van der Waals surface area contributed by atoms with Crippen LogP contribution in [0.5, 0.6) is 0 Å². The summed E-state index contributed by atoms with van der Waals surface area (Å²) >= 11 is 0. The van der Waals surface area contributed by atoms with E-state index >= 15 is 0 Å². The van der Waals surface area contributed by atoms with E-state index in [-0.39, 0.29) is 11.9 Å². The van der Waals surface area contributed by atoms with Crippen molar-refractivity contribution in [2.45, 2.75) is 26.7 Å². The predicted molar refractivity (Wildman–Crippen MR) is 62.1 cm³/mol. The number of rotatable bonds is 3. The third-order valence-corrected chi connectivity index (χ3v) is 2.82. The van der Waals surface area contributed by atoms with Gasteiger partial charge in [-0.3, -0.25) is 4.79 Å². The molecule has 1 heterocycles. The Morgan fingerprint density at radius 3 is 2.19 bits per heavy atom. The van der Waals surface area contributed by atoms with E-state index in [1.807, 2.05) is 0 Å². The van der Waals surface area contributed by atoms with Crippen molar-refractivity contribution >= 4 is 11.9 Å². The van der Waals surface area contributed by atoms with E-state index in [0.717, 1.165) is 19.4 Å². The number of nitrogens with zero attached hydrogens (tertiary/aromatic N) is 2. The maximum absolute atomic E-state index is 11.7. The molecule has 1 N–H and O–H groups in total. The van der Waals surface area contributed by atoms with Crippen molar-refractivity contribution < 1.29 is 9.59 Å². The highest BCUT2D eigenvalue weighted by atomic mass is 16.2. The van der Waals surface area contributed by atoms with Crippen molar-refractivity contribution in [3.8, 4) is 0 Å². The van der Waals surface area contributed by atoms with E-state index in [1.165, 1.54) is 0 Å². The minimum atomic E-state index is -0.00310. The summed E-state index contributed by atoms with van der Waals surface area (Å²) in [7, 11) is 0. The van der Waals surface area contributed by atoms with Gasteiger partial charge in [0.05, 0.1) is 0 Å². The van der Waals surface area contributed by atoms with E-state index in [1.54, 1.807) is 16.7 Å². The van der Waals surface area contributed by atoms with Gasteiger partial charge in [0.15, 0.2) is 0 Å². The van der Waals surface area contributed by atoms with Gasteiger partial charge in [0.25, 0.3) is 0 Å². The fourth-order valence-electron chi connectivity index (χ4n) is 1.71. The van der Waals surface area contributed by atoms with Gasteiger partial charge in [-0.1, -0.05) is 13.3 Å². The summed E-state index contributed by atoms with van der Waals surface area (Å²) in [6.45, 7) is 6.97. The molecular weight excluding hydrogens is 206 g/mol. The summed E-state index contributed by atoms with van der Waals surface area (Å²) < 4.78 is 0. The van der Waals surface area contributed by atoms with Crippen LogP contribution in [-0.4, -0.2) is 54.5 Å². The molecule has 0 saturated carbocycles. The van der Waals surface area contributed by atoms with Crippen molar-refractivity contribution in [2.24, 2.45) is 0 Å². The van der Waals surface area contributed by atoms with Crippen molar-refractivity contribution in [1.29, 1.82) is 0 Å². The smallest absolute Gasteiger partial charge is 0.317 e. The zero-order valence-corrected chi connectivity index (χ0v) is 10.2. The van der Waals surface area contributed by atoms with Crippen LogP contribution in [-0.2, 0) is 4.79 Å². The van der Waals surface area contributed by atoms with Gasteiger partial charge in [-0.05, 0) is 6.42 Å². The molecule has 1 saturated heterocycles. The van der Waals surface area contributed by atoms with Crippen molar-refractivity contribution in [2.75, 3.05) is 32.7 Å². The molecule has 0 aromatic heterocycles. The van der Waals surface area contributed by atoms with Crippen molar-refractivity contribution in [1.82, 2.24) is 15.1 Å². The first-order valence-electron chi connectivity index (χ1n) is 5.93. The van der Waals surface area contributed by atoms with Crippen LogP contribution in [0.15, 0.2) is 0 Å². The van der Waals surface area contributed by atoms with Gasteiger partial charge >= 0.3 is 6.03 Å². The van der Waals surface area contributed by atoms with Crippen molar-refractivity contribution in [3.63, 3.8) is 0 Å². The number of carbonyl (C=O) groups is 2. The second-order valence-electron chi connectivity index (χ2n) is 4.08. The highest BCUT2D eigenvalue weighted by molar-refractivity contribution is 5.76. The highest BCUT2D eigenvalue weighted by Gasteiger charge is 2.21. The zero-order chi connectivity index (χ0) is 12.0. The molecule has 0 aromatic rings. The van der Waals surface area contributed by atoms with Crippen LogP contribution < -0.4 is 5.32 Å². The molecule has 5 nitrogen and oxygen atoms in total. The first-order chi connectivity index (χ1) is 7.65. The average Bonchev–Trinajstić information content (AvgIpc) is 2.29. The molecule has 0 aromatic carbocycles. The van der Waals surface area contributed by atoms with Crippen LogP contribution in [0.4, 0.5) is 4.79 Å². The third-order valence-electron chi connectivity index (χ3n) is 2.82. The summed E-state index contributed by atoms with van der Waals surface area (Å²) in [6, 6.07) is -0.00310. The molecule has 0 unspecified atom stereocenters. The van der Waals surface area contributed by atoms with E-state index in [0.29, 0.717) is 26.2 Å². The van der Waals surface area contributed by atoms with Crippen molar-refractivity contribution in [3.05, 3.63) is 0 Å². The largest absolute Gasteiger partial charge is 0.339 e. The van der Waals surface area contributed by atoms with Crippen LogP contribution in [0.25, 0.3) is 0 Å². The van der Waals surface area contributed by atoms with Gasteiger partial charge in [-0.25, -0.2) is 4.79 Å². The fourth-order valence-corrected chi connectivity index (χ4v) is 1.71. The second kappa shape index (κ2) is 6.35. The van der Waals surface area contributed by atoms with Gasteiger partial charge in [-0.2, -0.15) is 0 Å². The number of hydrogen-bond donors (Lipinski definition) is 1. The molecule has 1 fully saturated rings. The lowest BCUT2D eigenvalue weighted by atomic mass is 10.3. The first kappa shape index (κ1) is 12.8. The Kier molecular flexibility index (Phi) is 5.08. The van der Waals surface area contributed by atoms with Crippen LogP contribution in [0, 0.1) is 0 Å². The number of unbranched alkanes of at least 4 members (excludes halogenated alkanes) is 1. The highest BCUT2D eigenvalue weighted by Crippen LogP contribution is 2.02. The average molecular weight is 227 g/mol. The minimum absolute atomic E-state index is 0.00310. The summed E-state index contributed by atoms with van der Waals surface area (Å²) in [6.07, 6.45) is 2.09. The summed E-state index contributed by atoms with van der Waals surface area (Å²) in [5.74, 6) is 0.0889. The Hall–Kier alpha value is -1.26. The summed E-state index contributed by atoms with van der Waals surface area (Å²) in [5.41, 5.74) is 0. The second-order valence-corrected chi connectivity index (χ2v) is 4.08. The molecule has 5 heteroatoms. The maximum Gasteiger partial charge on any atom is 0.317 e. The molecule has 0 radical (unpaired) electrons. The number of hydrogen-bond acceptors (Lipinski definition) is 2. The Labute approximate surface area is 96.8 Å².